The molecule has 0 atom stereocenters. The number of fused-ring (bicyclic) bond motifs is 1. The lowest BCUT2D eigenvalue weighted by Gasteiger charge is -2.18. The summed E-state index contributed by atoms with van der Waals surface area (Å²) in [5, 5.41) is 2.90. The number of urea groups is 1. The largest absolute Gasteiger partial charge is 0.497 e. The third kappa shape index (κ3) is 4.01. The summed E-state index contributed by atoms with van der Waals surface area (Å²) in [7, 11) is 3.30. The summed E-state index contributed by atoms with van der Waals surface area (Å²) in [5.41, 5.74) is 3.75. The van der Waals surface area contributed by atoms with Gasteiger partial charge >= 0.3 is 6.03 Å². The smallest absolute Gasteiger partial charge is 0.326 e. The lowest BCUT2D eigenvalue weighted by atomic mass is 10.1. The average molecular weight is 440 g/mol. The molecule has 5 rings (SSSR count). The van der Waals surface area contributed by atoms with Crippen LogP contribution in [0.4, 0.5) is 16.2 Å². The van der Waals surface area contributed by atoms with Crippen LogP contribution < -0.4 is 15.0 Å². The number of rotatable bonds is 5. The van der Waals surface area contributed by atoms with Gasteiger partial charge in [-0.25, -0.2) is 14.8 Å². The number of carbonyl (C=O) groups excluding carboxylic acids is 1. The Kier molecular flexibility index (Phi) is 5.24. The molecule has 0 aliphatic rings. The Hall–Kier alpha value is -4.59. The molecule has 2 aromatic carbocycles. The number of nitrogens with one attached hydrogen (secondary N) is 1. The van der Waals surface area contributed by atoms with Gasteiger partial charge in [-0.2, -0.15) is 0 Å². The minimum atomic E-state index is -0.286. The zero-order valence-corrected chi connectivity index (χ0v) is 18.0. The number of hydrogen-bond donors (Lipinski definition) is 1. The van der Waals surface area contributed by atoms with Crippen molar-refractivity contribution in [3.8, 4) is 28.7 Å². The Morgan fingerprint density at radius 3 is 2.09 bits per heavy atom. The Bertz CT molecular complexity index is 1390. The van der Waals surface area contributed by atoms with Gasteiger partial charge < -0.3 is 18.9 Å². The van der Waals surface area contributed by atoms with Gasteiger partial charge in [0, 0.05) is 18.4 Å². The highest BCUT2D eigenvalue weighted by atomic mass is 16.5. The predicted molar refractivity (Wildman–Crippen MR) is 125 cm³/mol. The second kappa shape index (κ2) is 8.51. The van der Waals surface area contributed by atoms with Gasteiger partial charge in [0.2, 0.25) is 0 Å². The summed E-state index contributed by atoms with van der Waals surface area (Å²) in [4.78, 5) is 23.8. The number of carbonyl (C=O) groups is 1. The summed E-state index contributed by atoms with van der Waals surface area (Å²) < 4.78 is 16.3. The highest BCUT2D eigenvalue weighted by Crippen LogP contribution is 2.32. The van der Waals surface area contributed by atoms with E-state index in [9.17, 15) is 4.79 Å². The van der Waals surface area contributed by atoms with Crippen LogP contribution >= 0.6 is 0 Å². The Morgan fingerprint density at radius 2 is 1.52 bits per heavy atom. The van der Waals surface area contributed by atoms with Crippen LogP contribution in [0.1, 0.15) is 0 Å². The first-order valence-electron chi connectivity index (χ1n) is 10.2. The number of benzene rings is 2. The van der Waals surface area contributed by atoms with Gasteiger partial charge in [0.05, 0.1) is 30.7 Å². The number of aromatic nitrogens is 2. The van der Waals surface area contributed by atoms with Gasteiger partial charge in [-0.15, -0.1) is 0 Å². The van der Waals surface area contributed by atoms with Crippen molar-refractivity contribution in [2.45, 2.75) is 0 Å². The van der Waals surface area contributed by atoms with Gasteiger partial charge in [-0.1, -0.05) is 0 Å². The maximum absolute atomic E-state index is 12.8. The predicted octanol–water partition coefficient (Wildman–Crippen LogP) is 5.83. The van der Waals surface area contributed by atoms with Crippen molar-refractivity contribution in [3.05, 3.63) is 79.3 Å². The molecule has 0 saturated carbocycles. The Labute approximate surface area is 189 Å². The molecule has 0 bridgehead atoms. The number of amides is 2. The molecular formula is C25H20N4O4. The molecule has 1 N–H and O–H groups in total. The van der Waals surface area contributed by atoms with Crippen molar-refractivity contribution in [1.82, 2.24) is 9.97 Å². The number of methoxy groups -OCH3 is 1. The van der Waals surface area contributed by atoms with Crippen molar-refractivity contribution in [1.29, 1.82) is 0 Å². The summed E-state index contributed by atoms with van der Waals surface area (Å²) in [6.45, 7) is 0. The van der Waals surface area contributed by atoms with E-state index in [0.717, 1.165) is 11.4 Å². The topological polar surface area (TPSA) is 93.6 Å². The standard InChI is InChI=1S/C25H20N4O4/c1-29(17-8-10-18(31-2)11-9-17)25(30)26-16-7-12-19-20(15-16)28-24(22-6-4-14-33-22)23(27-19)21-5-3-13-32-21/h3-15H,1-2H3,(H,26,30). The number of nitrogens with zero attached hydrogens (tertiary/aromatic N) is 3. The summed E-state index contributed by atoms with van der Waals surface area (Å²) in [6.07, 6.45) is 3.17. The van der Waals surface area contributed by atoms with Gasteiger partial charge in [-0.05, 0) is 66.7 Å². The zero-order chi connectivity index (χ0) is 22.8. The number of ether oxygens (including phenoxy) is 1. The third-order valence-corrected chi connectivity index (χ3v) is 5.19. The first-order valence-corrected chi connectivity index (χ1v) is 10.2. The number of hydrogen-bond acceptors (Lipinski definition) is 6. The van der Waals surface area contributed by atoms with E-state index in [-0.39, 0.29) is 6.03 Å². The minimum Gasteiger partial charge on any atom is -0.497 e. The summed E-state index contributed by atoms with van der Waals surface area (Å²) in [5.74, 6) is 1.89. The van der Waals surface area contributed by atoms with Crippen LogP contribution in [0, 0.1) is 0 Å². The normalized spacial score (nSPS) is 10.8. The minimum absolute atomic E-state index is 0.286. The fourth-order valence-corrected chi connectivity index (χ4v) is 3.43. The van der Waals surface area contributed by atoms with E-state index in [4.69, 9.17) is 23.5 Å². The second-order valence-corrected chi connectivity index (χ2v) is 7.27. The third-order valence-electron chi connectivity index (χ3n) is 5.19. The van der Waals surface area contributed by atoms with Crippen molar-refractivity contribution in [2.24, 2.45) is 0 Å². The van der Waals surface area contributed by atoms with Crippen LogP contribution in [0.3, 0.4) is 0 Å². The van der Waals surface area contributed by atoms with E-state index < -0.39 is 0 Å². The molecule has 0 spiro atoms. The highest BCUT2D eigenvalue weighted by molar-refractivity contribution is 6.02. The van der Waals surface area contributed by atoms with Crippen LogP contribution in [0.15, 0.2) is 88.1 Å². The van der Waals surface area contributed by atoms with E-state index in [1.807, 2.05) is 30.3 Å². The molecular weight excluding hydrogens is 420 g/mol. The van der Waals surface area contributed by atoms with Crippen molar-refractivity contribution < 1.29 is 18.4 Å². The van der Waals surface area contributed by atoms with Crippen LogP contribution in [-0.2, 0) is 0 Å². The molecule has 0 aliphatic carbocycles. The Morgan fingerprint density at radius 1 is 0.879 bits per heavy atom. The molecule has 0 radical (unpaired) electrons. The van der Waals surface area contributed by atoms with Crippen LogP contribution in [0.25, 0.3) is 33.9 Å². The van der Waals surface area contributed by atoms with E-state index in [0.29, 0.717) is 39.6 Å². The van der Waals surface area contributed by atoms with E-state index in [1.54, 1.807) is 63.1 Å². The first kappa shape index (κ1) is 20.3. The average Bonchev–Trinajstić information content (AvgIpc) is 3.57. The molecule has 0 unspecified atom stereocenters. The van der Waals surface area contributed by atoms with E-state index >= 15 is 0 Å². The number of furan rings is 2. The Balaban J connectivity index is 1.46. The monoisotopic (exact) mass is 440 g/mol. The maximum atomic E-state index is 12.8. The molecule has 0 saturated heterocycles. The molecule has 5 aromatic rings. The molecule has 0 fully saturated rings. The van der Waals surface area contributed by atoms with Crippen molar-refractivity contribution in [3.63, 3.8) is 0 Å². The van der Waals surface area contributed by atoms with E-state index in [1.165, 1.54) is 4.90 Å². The van der Waals surface area contributed by atoms with Crippen LogP contribution in [0.5, 0.6) is 5.75 Å². The summed E-state index contributed by atoms with van der Waals surface area (Å²) in [6, 6.07) is 19.6. The van der Waals surface area contributed by atoms with Gasteiger partial charge in [0.1, 0.15) is 17.1 Å². The van der Waals surface area contributed by atoms with Crippen molar-refractivity contribution >= 4 is 28.4 Å². The first-order chi connectivity index (χ1) is 16.1. The van der Waals surface area contributed by atoms with E-state index in [2.05, 4.69) is 5.32 Å². The van der Waals surface area contributed by atoms with Crippen LogP contribution in [0.2, 0.25) is 0 Å². The van der Waals surface area contributed by atoms with Gasteiger partial charge in [0.25, 0.3) is 0 Å². The molecule has 2 amide bonds. The van der Waals surface area contributed by atoms with Crippen LogP contribution in [-0.4, -0.2) is 30.2 Å². The molecule has 3 heterocycles. The SMILES string of the molecule is COc1ccc(N(C)C(=O)Nc2ccc3nc(-c4ccco4)c(-c4ccco4)nc3c2)cc1. The number of anilines is 2. The van der Waals surface area contributed by atoms with Gasteiger partial charge in [-0.3, -0.25) is 4.90 Å². The maximum Gasteiger partial charge on any atom is 0.326 e. The second-order valence-electron chi connectivity index (χ2n) is 7.27. The fraction of sp³-hybridized carbons (Fsp3) is 0.0800. The molecule has 164 valence electrons. The highest BCUT2D eigenvalue weighted by Gasteiger charge is 2.18. The summed E-state index contributed by atoms with van der Waals surface area (Å²) >= 11 is 0. The quantitative estimate of drug-likeness (QED) is 0.370. The molecule has 8 nitrogen and oxygen atoms in total. The van der Waals surface area contributed by atoms with Gasteiger partial charge in [0.15, 0.2) is 11.5 Å². The zero-order valence-electron chi connectivity index (χ0n) is 18.0. The molecule has 33 heavy (non-hydrogen) atoms. The molecule has 3 aromatic heterocycles. The lowest BCUT2D eigenvalue weighted by molar-refractivity contribution is 0.258. The van der Waals surface area contributed by atoms with Crippen molar-refractivity contribution in [2.75, 3.05) is 24.4 Å². The molecule has 8 heteroatoms. The lowest BCUT2D eigenvalue weighted by Crippen LogP contribution is -2.31. The fourth-order valence-electron chi connectivity index (χ4n) is 3.43. The molecule has 0 aliphatic heterocycles.